The lowest BCUT2D eigenvalue weighted by Gasteiger charge is -2.14. The first-order valence-electron chi connectivity index (χ1n) is 5.35. The number of urea groups is 1. The Morgan fingerprint density at radius 1 is 1.35 bits per heavy atom. The molecule has 0 aromatic heterocycles. The fourth-order valence-electron chi connectivity index (χ4n) is 1.07. The van der Waals surface area contributed by atoms with E-state index < -0.39 is 24.0 Å². The molecule has 98 valence electrons. The number of carbonyl (C=O) groups is 3. The molecule has 0 aliphatic heterocycles. The maximum Gasteiger partial charge on any atom is 0.326 e. The molecule has 0 aliphatic rings. The Morgan fingerprint density at radius 3 is 2.47 bits per heavy atom. The maximum atomic E-state index is 11.2. The van der Waals surface area contributed by atoms with E-state index in [0.29, 0.717) is 6.54 Å². The van der Waals surface area contributed by atoms with Crippen molar-refractivity contribution in [2.24, 2.45) is 0 Å². The molecule has 0 aromatic carbocycles. The lowest BCUT2D eigenvalue weighted by molar-refractivity contribution is -0.142. The number of hydrogen-bond acceptors (Lipinski definition) is 4. The molecule has 0 aliphatic carbocycles. The zero-order chi connectivity index (χ0) is 13.3. The summed E-state index contributed by atoms with van der Waals surface area (Å²) in [6, 6.07) is -1.64. The minimum absolute atomic E-state index is 0.00154. The van der Waals surface area contributed by atoms with Gasteiger partial charge >= 0.3 is 18.0 Å². The highest BCUT2D eigenvalue weighted by Crippen LogP contribution is 1.99. The molecule has 7 nitrogen and oxygen atoms in total. The minimum Gasteiger partial charge on any atom is -0.480 e. The van der Waals surface area contributed by atoms with E-state index in [4.69, 9.17) is 5.11 Å². The number of ether oxygens (including phenoxy) is 1. The molecule has 0 radical (unpaired) electrons. The number of aliphatic carboxylic acids is 1. The van der Waals surface area contributed by atoms with Crippen molar-refractivity contribution in [3.8, 4) is 0 Å². The third-order valence-corrected chi connectivity index (χ3v) is 2.00. The van der Waals surface area contributed by atoms with Crippen molar-refractivity contribution in [2.75, 3.05) is 13.7 Å². The average Bonchev–Trinajstić information content (AvgIpc) is 2.30. The molecular formula is C10H18N2O5. The maximum absolute atomic E-state index is 11.2. The molecule has 0 heterocycles. The SMILES string of the molecule is CCCNC(=O)N[C@@H](CCC(=O)OC)C(=O)O. The molecule has 0 aromatic rings. The van der Waals surface area contributed by atoms with Crippen LogP contribution in [0.2, 0.25) is 0 Å². The van der Waals surface area contributed by atoms with Gasteiger partial charge in [-0.05, 0) is 12.8 Å². The third kappa shape index (κ3) is 7.15. The first-order chi connectivity index (χ1) is 8.01. The predicted octanol–water partition coefficient (Wildman–Crippen LogP) is 0.102. The summed E-state index contributed by atoms with van der Waals surface area (Å²) >= 11 is 0. The summed E-state index contributed by atoms with van der Waals surface area (Å²) in [5.74, 6) is -1.69. The summed E-state index contributed by atoms with van der Waals surface area (Å²) in [6.07, 6.45) is 0.705. The fraction of sp³-hybridized carbons (Fsp3) is 0.700. The van der Waals surface area contributed by atoms with Crippen LogP contribution in [0.1, 0.15) is 26.2 Å². The van der Waals surface area contributed by atoms with Crippen molar-refractivity contribution < 1.29 is 24.2 Å². The Balaban J connectivity index is 4.10. The minimum atomic E-state index is -1.18. The van der Waals surface area contributed by atoms with E-state index >= 15 is 0 Å². The number of carboxylic acids is 1. The number of nitrogens with one attached hydrogen (secondary N) is 2. The van der Waals surface area contributed by atoms with Gasteiger partial charge in [-0.2, -0.15) is 0 Å². The van der Waals surface area contributed by atoms with Gasteiger partial charge in [-0.15, -0.1) is 0 Å². The number of hydrogen-bond donors (Lipinski definition) is 3. The van der Waals surface area contributed by atoms with Crippen LogP contribution in [0, 0.1) is 0 Å². The highest BCUT2D eigenvalue weighted by Gasteiger charge is 2.20. The molecule has 7 heteroatoms. The highest BCUT2D eigenvalue weighted by atomic mass is 16.5. The molecule has 0 bridgehead atoms. The van der Waals surface area contributed by atoms with Crippen LogP contribution in [0.4, 0.5) is 4.79 Å². The van der Waals surface area contributed by atoms with Gasteiger partial charge in [-0.25, -0.2) is 9.59 Å². The van der Waals surface area contributed by atoms with Crippen molar-refractivity contribution in [2.45, 2.75) is 32.2 Å². The van der Waals surface area contributed by atoms with Gasteiger partial charge < -0.3 is 20.5 Å². The normalized spacial score (nSPS) is 11.4. The predicted molar refractivity (Wildman–Crippen MR) is 59.5 cm³/mol. The third-order valence-electron chi connectivity index (χ3n) is 2.00. The monoisotopic (exact) mass is 246 g/mol. The molecule has 17 heavy (non-hydrogen) atoms. The Labute approximate surface area is 99.5 Å². The van der Waals surface area contributed by atoms with Crippen LogP contribution >= 0.6 is 0 Å². The first-order valence-corrected chi connectivity index (χ1v) is 5.35. The fourth-order valence-corrected chi connectivity index (χ4v) is 1.07. The first kappa shape index (κ1) is 15.2. The summed E-state index contributed by atoms with van der Waals surface area (Å²) in [4.78, 5) is 32.9. The molecule has 3 N–H and O–H groups in total. The molecule has 0 saturated carbocycles. The van der Waals surface area contributed by atoms with Crippen molar-refractivity contribution in [3.05, 3.63) is 0 Å². The lowest BCUT2D eigenvalue weighted by atomic mass is 10.1. The summed E-state index contributed by atoms with van der Waals surface area (Å²) in [5, 5.41) is 13.6. The number of esters is 1. The van der Waals surface area contributed by atoms with Gasteiger partial charge in [-0.3, -0.25) is 4.79 Å². The second-order valence-electron chi connectivity index (χ2n) is 3.41. The van der Waals surface area contributed by atoms with Crippen LogP contribution in [0.25, 0.3) is 0 Å². The van der Waals surface area contributed by atoms with Crippen LogP contribution < -0.4 is 10.6 Å². The molecule has 2 amide bonds. The van der Waals surface area contributed by atoms with Gasteiger partial charge in [0.25, 0.3) is 0 Å². The lowest BCUT2D eigenvalue weighted by Crippen LogP contribution is -2.46. The zero-order valence-corrected chi connectivity index (χ0v) is 9.99. The van der Waals surface area contributed by atoms with E-state index in [1.54, 1.807) is 0 Å². The van der Waals surface area contributed by atoms with E-state index in [-0.39, 0.29) is 12.8 Å². The molecule has 1 atom stereocenters. The second kappa shape index (κ2) is 8.37. The molecule has 0 spiro atoms. The molecule has 0 rings (SSSR count). The number of carboxylic acid groups (broad SMARTS) is 1. The second-order valence-corrected chi connectivity index (χ2v) is 3.41. The number of amides is 2. The van der Waals surface area contributed by atoms with Crippen molar-refractivity contribution >= 4 is 18.0 Å². The van der Waals surface area contributed by atoms with E-state index in [9.17, 15) is 14.4 Å². The topological polar surface area (TPSA) is 105 Å². The van der Waals surface area contributed by atoms with Crippen LogP contribution in [0.3, 0.4) is 0 Å². The van der Waals surface area contributed by atoms with Crippen LogP contribution in [-0.4, -0.2) is 42.8 Å². The smallest absolute Gasteiger partial charge is 0.326 e. The zero-order valence-electron chi connectivity index (χ0n) is 9.99. The van der Waals surface area contributed by atoms with Gasteiger partial charge in [0, 0.05) is 13.0 Å². The van der Waals surface area contributed by atoms with E-state index in [2.05, 4.69) is 15.4 Å². The van der Waals surface area contributed by atoms with Gasteiger partial charge in [0.05, 0.1) is 7.11 Å². The standard InChI is InChI=1S/C10H18N2O5/c1-3-6-11-10(16)12-7(9(14)15)4-5-8(13)17-2/h7H,3-6H2,1-2H3,(H,14,15)(H2,11,12,16)/t7-/m0/s1. The van der Waals surface area contributed by atoms with Crippen molar-refractivity contribution in [1.82, 2.24) is 10.6 Å². The van der Waals surface area contributed by atoms with Crippen LogP contribution in [0.5, 0.6) is 0 Å². The van der Waals surface area contributed by atoms with Crippen molar-refractivity contribution in [3.63, 3.8) is 0 Å². The summed E-state index contributed by atoms with van der Waals surface area (Å²) in [7, 11) is 1.22. The number of methoxy groups -OCH3 is 1. The molecular weight excluding hydrogens is 228 g/mol. The molecule has 0 saturated heterocycles. The van der Waals surface area contributed by atoms with Crippen LogP contribution in [-0.2, 0) is 14.3 Å². The summed E-state index contributed by atoms with van der Waals surface area (Å²) in [6.45, 7) is 2.35. The van der Waals surface area contributed by atoms with Gasteiger partial charge in [0.15, 0.2) is 0 Å². The van der Waals surface area contributed by atoms with Crippen molar-refractivity contribution in [1.29, 1.82) is 0 Å². The van der Waals surface area contributed by atoms with Gasteiger partial charge in [0.1, 0.15) is 6.04 Å². The largest absolute Gasteiger partial charge is 0.480 e. The van der Waals surface area contributed by atoms with E-state index in [1.165, 1.54) is 7.11 Å². The average molecular weight is 246 g/mol. The Morgan fingerprint density at radius 2 is 2.00 bits per heavy atom. The van der Waals surface area contributed by atoms with Gasteiger partial charge in [0.2, 0.25) is 0 Å². The quantitative estimate of drug-likeness (QED) is 0.553. The summed E-state index contributed by atoms with van der Waals surface area (Å²) in [5.41, 5.74) is 0. The van der Waals surface area contributed by atoms with E-state index in [0.717, 1.165) is 6.42 Å². The Kier molecular flexibility index (Phi) is 7.49. The molecule has 0 unspecified atom stereocenters. The number of carbonyl (C=O) groups excluding carboxylic acids is 2. The summed E-state index contributed by atoms with van der Waals surface area (Å²) < 4.78 is 4.39. The highest BCUT2D eigenvalue weighted by molar-refractivity contribution is 5.83. The Hall–Kier alpha value is -1.79. The van der Waals surface area contributed by atoms with Crippen LogP contribution in [0.15, 0.2) is 0 Å². The molecule has 0 fully saturated rings. The van der Waals surface area contributed by atoms with Gasteiger partial charge in [-0.1, -0.05) is 6.92 Å². The van der Waals surface area contributed by atoms with E-state index in [1.807, 2.05) is 6.92 Å². The number of rotatable bonds is 7. The Bertz CT molecular complexity index is 280.